The second-order valence-corrected chi connectivity index (χ2v) is 4.73. The molecule has 0 spiro atoms. The predicted octanol–water partition coefficient (Wildman–Crippen LogP) is 0.870. The minimum Gasteiger partial charge on any atom is -0.379 e. The number of hydrogen-bond acceptors (Lipinski definition) is 3. The summed E-state index contributed by atoms with van der Waals surface area (Å²) in [5, 5.41) is 0. The first kappa shape index (κ1) is 11.8. The smallest absolute Gasteiger partial charge is 0.140 e. The molecule has 1 aliphatic heterocycles. The second kappa shape index (κ2) is 4.65. The molecule has 2 aliphatic rings. The highest BCUT2D eigenvalue weighted by molar-refractivity contribution is 5.32. The molecule has 1 saturated heterocycles. The van der Waals surface area contributed by atoms with Gasteiger partial charge in [0.05, 0.1) is 18.8 Å². The molecule has 0 aromatic rings. The highest BCUT2D eigenvalue weighted by Crippen LogP contribution is 2.22. The van der Waals surface area contributed by atoms with Crippen molar-refractivity contribution in [1.29, 1.82) is 0 Å². The summed E-state index contributed by atoms with van der Waals surface area (Å²) in [6.07, 6.45) is 4.24. The van der Waals surface area contributed by atoms with E-state index in [4.69, 9.17) is 10.5 Å². The first-order chi connectivity index (χ1) is 7.58. The lowest BCUT2D eigenvalue weighted by Gasteiger charge is -2.30. The maximum Gasteiger partial charge on any atom is 0.140 e. The van der Waals surface area contributed by atoms with Crippen LogP contribution in [0.2, 0.25) is 0 Å². The van der Waals surface area contributed by atoms with E-state index in [1.165, 1.54) is 0 Å². The van der Waals surface area contributed by atoms with Crippen LogP contribution in [-0.4, -0.2) is 49.5 Å². The zero-order valence-electron chi connectivity index (χ0n) is 9.66. The van der Waals surface area contributed by atoms with Crippen LogP contribution < -0.4 is 5.73 Å². The van der Waals surface area contributed by atoms with Crippen LogP contribution in [0.25, 0.3) is 0 Å². The van der Waals surface area contributed by atoms with Crippen LogP contribution in [0.5, 0.6) is 0 Å². The van der Waals surface area contributed by atoms with Crippen LogP contribution in [-0.2, 0) is 4.74 Å². The lowest BCUT2D eigenvalue weighted by Crippen LogP contribution is -2.45. The van der Waals surface area contributed by atoms with E-state index in [2.05, 4.69) is 4.90 Å². The van der Waals surface area contributed by atoms with E-state index < -0.39 is 11.7 Å². The molecule has 1 heterocycles. The molecular weight excluding hydrogens is 207 g/mol. The van der Waals surface area contributed by atoms with Gasteiger partial charge in [0.1, 0.15) is 6.17 Å². The highest BCUT2D eigenvalue weighted by atomic mass is 19.1. The van der Waals surface area contributed by atoms with Crippen molar-refractivity contribution in [3.05, 3.63) is 23.8 Å². The largest absolute Gasteiger partial charge is 0.379 e. The number of hydrogen-bond donors (Lipinski definition) is 1. The molecule has 0 saturated carbocycles. The van der Waals surface area contributed by atoms with Crippen LogP contribution in [0.15, 0.2) is 23.8 Å². The summed E-state index contributed by atoms with van der Waals surface area (Å²) in [6.45, 7) is 5.87. The van der Waals surface area contributed by atoms with Gasteiger partial charge in [0.25, 0.3) is 0 Å². The van der Waals surface area contributed by atoms with E-state index in [1.54, 1.807) is 19.1 Å². The van der Waals surface area contributed by atoms with Crippen molar-refractivity contribution >= 4 is 0 Å². The van der Waals surface area contributed by atoms with Crippen LogP contribution in [0.1, 0.15) is 6.92 Å². The van der Waals surface area contributed by atoms with Gasteiger partial charge in [0, 0.05) is 19.6 Å². The molecule has 2 atom stereocenters. The summed E-state index contributed by atoms with van der Waals surface area (Å²) < 4.78 is 18.9. The Labute approximate surface area is 95.7 Å². The Bertz CT molecular complexity index is 306. The van der Waals surface area contributed by atoms with E-state index in [9.17, 15) is 4.39 Å². The van der Waals surface area contributed by atoms with Gasteiger partial charge in [-0.3, -0.25) is 4.90 Å². The zero-order chi connectivity index (χ0) is 11.6. The number of nitrogens with zero attached hydrogens (tertiary/aromatic N) is 1. The van der Waals surface area contributed by atoms with Gasteiger partial charge in [-0.2, -0.15) is 0 Å². The fraction of sp³-hybridized carbons (Fsp3) is 0.667. The molecule has 90 valence electrons. The minimum atomic E-state index is -1.09. The topological polar surface area (TPSA) is 38.5 Å². The quantitative estimate of drug-likeness (QED) is 0.759. The van der Waals surface area contributed by atoms with Crippen LogP contribution in [0.4, 0.5) is 4.39 Å². The molecule has 16 heavy (non-hydrogen) atoms. The Morgan fingerprint density at radius 2 is 2.25 bits per heavy atom. The summed E-state index contributed by atoms with van der Waals surface area (Å²) in [5.41, 5.74) is 5.94. The average Bonchev–Trinajstić information content (AvgIpc) is 2.26. The zero-order valence-corrected chi connectivity index (χ0v) is 9.66. The molecule has 4 heteroatoms. The Morgan fingerprint density at radius 1 is 1.56 bits per heavy atom. The molecule has 0 aromatic heterocycles. The van der Waals surface area contributed by atoms with E-state index in [0.29, 0.717) is 0 Å². The summed E-state index contributed by atoms with van der Waals surface area (Å²) in [6, 6.07) is 0. The Hall–Kier alpha value is -0.710. The van der Waals surface area contributed by atoms with Crippen molar-refractivity contribution in [3.63, 3.8) is 0 Å². The van der Waals surface area contributed by atoms with Gasteiger partial charge in [-0.25, -0.2) is 4.39 Å². The van der Waals surface area contributed by atoms with E-state index >= 15 is 0 Å². The van der Waals surface area contributed by atoms with Crippen molar-refractivity contribution in [2.24, 2.45) is 5.73 Å². The molecule has 2 unspecified atom stereocenters. The van der Waals surface area contributed by atoms with Gasteiger partial charge in [-0.1, -0.05) is 12.2 Å². The molecule has 0 radical (unpaired) electrons. The standard InChI is InChI=1S/C12H19FN2O/c1-12(14)3-2-10(8-11(12)13)9-15-4-6-16-7-5-15/h2-3,8,11H,4-7,9,14H2,1H3. The van der Waals surface area contributed by atoms with Crippen LogP contribution in [0.3, 0.4) is 0 Å². The van der Waals surface area contributed by atoms with E-state index in [1.807, 2.05) is 6.08 Å². The number of rotatable bonds is 2. The molecule has 0 aromatic carbocycles. The summed E-state index contributed by atoms with van der Waals surface area (Å²) in [7, 11) is 0. The Kier molecular flexibility index (Phi) is 3.42. The number of ether oxygens (including phenoxy) is 1. The number of morpholine rings is 1. The number of nitrogens with two attached hydrogens (primary N) is 1. The lowest BCUT2D eigenvalue weighted by atomic mass is 9.89. The highest BCUT2D eigenvalue weighted by Gasteiger charge is 2.28. The van der Waals surface area contributed by atoms with Gasteiger partial charge in [0.2, 0.25) is 0 Å². The van der Waals surface area contributed by atoms with E-state index in [0.717, 1.165) is 38.4 Å². The van der Waals surface area contributed by atoms with Gasteiger partial charge in [-0.15, -0.1) is 0 Å². The van der Waals surface area contributed by atoms with Gasteiger partial charge < -0.3 is 10.5 Å². The van der Waals surface area contributed by atoms with Gasteiger partial charge >= 0.3 is 0 Å². The Morgan fingerprint density at radius 3 is 2.88 bits per heavy atom. The first-order valence-electron chi connectivity index (χ1n) is 5.71. The monoisotopic (exact) mass is 226 g/mol. The van der Waals surface area contributed by atoms with Crippen LogP contribution in [0, 0.1) is 0 Å². The number of alkyl halides is 1. The van der Waals surface area contributed by atoms with Crippen LogP contribution >= 0.6 is 0 Å². The third-order valence-electron chi connectivity index (χ3n) is 3.12. The summed E-state index contributed by atoms with van der Waals surface area (Å²) >= 11 is 0. The molecule has 1 fully saturated rings. The predicted molar refractivity (Wildman–Crippen MR) is 62.0 cm³/mol. The van der Waals surface area contributed by atoms with Gasteiger partial charge in [-0.05, 0) is 18.6 Å². The van der Waals surface area contributed by atoms with Crippen molar-refractivity contribution in [3.8, 4) is 0 Å². The first-order valence-corrected chi connectivity index (χ1v) is 5.71. The van der Waals surface area contributed by atoms with E-state index in [-0.39, 0.29) is 0 Å². The van der Waals surface area contributed by atoms with Crippen molar-refractivity contribution in [1.82, 2.24) is 4.90 Å². The molecule has 1 aliphatic carbocycles. The maximum atomic E-state index is 13.7. The molecule has 0 bridgehead atoms. The van der Waals surface area contributed by atoms with Crippen molar-refractivity contribution in [2.45, 2.75) is 18.6 Å². The fourth-order valence-electron chi connectivity index (χ4n) is 1.92. The molecule has 2 N–H and O–H groups in total. The summed E-state index contributed by atoms with van der Waals surface area (Å²) in [4.78, 5) is 2.27. The van der Waals surface area contributed by atoms with Crippen molar-refractivity contribution < 1.29 is 9.13 Å². The normalized spacial score (nSPS) is 36.2. The SMILES string of the molecule is CC1(N)C=CC(CN2CCOCC2)=CC1F. The average molecular weight is 226 g/mol. The number of halogens is 1. The van der Waals surface area contributed by atoms with Crippen molar-refractivity contribution in [2.75, 3.05) is 32.8 Å². The lowest BCUT2D eigenvalue weighted by molar-refractivity contribution is 0.0424. The molecule has 3 nitrogen and oxygen atoms in total. The molecular formula is C12H19FN2O. The van der Waals surface area contributed by atoms with Gasteiger partial charge in [0.15, 0.2) is 0 Å². The molecule has 0 amide bonds. The summed E-state index contributed by atoms with van der Waals surface area (Å²) in [5.74, 6) is 0. The third-order valence-corrected chi connectivity index (χ3v) is 3.12. The third kappa shape index (κ3) is 2.70. The maximum absolute atomic E-state index is 13.7. The molecule has 2 rings (SSSR count). The minimum absolute atomic E-state index is 0.769. The fourth-order valence-corrected chi connectivity index (χ4v) is 1.92. The Balaban J connectivity index is 1.94. The second-order valence-electron chi connectivity index (χ2n) is 4.73.